The lowest BCUT2D eigenvalue weighted by atomic mass is 10.1. The first kappa shape index (κ1) is 51.2. The maximum atomic E-state index is 11.6. The summed E-state index contributed by atoms with van der Waals surface area (Å²) in [4.78, 5) is 70.5. The van der Waals surface area contributed by atoms with Crippen LogP contribution in [0, 0.1) is 0 Å². The molecule has 0 spiro atoms. The van der Waals surface area contributed by atoms with E-state index in [-0.39, 0.29) is 112 Å². The third-order valence-electron chi connectivity index (χ3n) is 8.45. The molecule has 0 saturated carbocycles. The van der Waals surface area contributed by atoms with Gasteiger partial charge in [0.2, 0.25) is 17.8 Å². The Morgan fingerprint density at radius 2 is 0.841 bits per heavy atom. The van der Waals surface area contributed by atoms with Crippen molar-refractivity contribution >= 4 is 102 Å². The van der Waals surface area contributed by atoms with Crippen LogP contribution in [-0.2, 0) is 25.0 Å². The highest BCUT2D eigenvalue weighted by Gasteiger charge is 2.17. The minimum absolute atomic E-state index is 0.0515. The van der Waals surface area contributed by atoms with Gasteiger partial charge in [0.25, 0.3) is 20.2 Å². The number of aromatic carboxylic acids is 4. The molecule has 30 heteroatoms. The zero-order valence-corrected chi connectivity index (χ0v) is 36.6. The van der Waals surface area contributed by atoms with Gasteiger partial charge in [0.1, 0.15) is 18.0 Å². The lowest BCUT2D eigenvalue weighted by Crippen LogP contribution is -2.16. The standard InChI is InChI=1S/C39H36N10O18S2/c50-32(51)19-40-37-43-38(41-28-5-3-24(17-30(28)66-7-1-9-68(60,61)62)46-48-26-13-20(33(52)53)11-21(14-26)34(54)55)45-39(44-37)42-29-6-4-25(18-31(29)67-8-2-10-69(63,64)65)47-49-27-15-22(35(56)57)12-23(16-27)36(58)59/h3-6,11-18H,1-2,7-10,19H2,(H,50,51)(H,52,53)(H,54,55)(H,56,57)(H,58,59)(H,60,61,62)(H,63,64,65)(H3,40,41,42,43,44,45). The number of aromatic nitrogens is 3. The fraction of sp³-hybridized carbons (Fsp3) is 0.179. The largest absolute Gasteiger partial charge is 0.491 e. The van der Waals surface area contributed by atoms with Gasteiger partial charge in [-0.05, 0) is 73.5 Å². The average molecular weight is 997 g/mol. The molecule has 362 valence electrons. The molecule has 0 amide bonds. The van der Waals surface area contributed by atoms with Gasteiger partial charge in [-0.15, -0.1) is 0 Å². The van der Waals surface area contributed by atoms with Crippen molar-refractivity contribution in [2.24, 2.45) is 20.5 Å². The Kier molecular flexibility index (Phi) is 16.8. The van der Waals surface area contributed by atoms with Gasteiger partial charge in [0.05, 0.1) is 81.1 Å². The second-order valence-electron chi connectivity index (χ2n) is 13.8. The van der Waals surface area contributed by atoms with E-state index in [1.54, 1.807) is 0 Å². The summed E-state index contributed by atoms with van der Waals surface area (Å²) in [6, 6.07) is 14.2. The molecule has 0 atom stereocenters. The number of benzene rings is 4. The number of nitrogens with zero attached hydrogens (tertiary/aromatic N) is 7. The normalized spacial score (nSPS) is 11.6. The number of hydrogen-bond acceptors (Lipinski definition) is 21. The van der Waals surface area contributed by atoms with E-state index in [0.29, 0.717) is 0 Å². The van der Waals surface area contributed by atoms with Crippen LogP contribution < -0.4 is 25.4 Å². The van der Waals surface area contributed by atoms with E-state index in [0.717, 1.165) is 36.4 Å². The highest BCUT2D eigenvalue weighted by atomic mass is 32.2. The zero-order chi connectivity index (χ0) is 50.5. The summed E-state index contributed by atoms with van der Waals surface area (Å²) in [5.41, 5.74) is -1.54. The predicted molar refractivity (Wildman–Crippen MR) is 238 cm³/mol. The fourth-order valence-corrected chi connectivity index (χ4v) is 6.43. The monoisotopic (exact) mass is 996 g/mol. The Balaban J connectivity index is 1.51. The fourth-order valence-electron chi connectivity index (χ4n) is 5.46. The molecular weight excluding hydrogens is 961 g/mol. The molecule has 0 fully saturated rings. The molecule has 28 nitrogen and oxygen atoms in total. The average Bonchev–Trinajstić information content (AvgIpc) is 3.27. The molecular formula is C39H36N10O18S2. The third-order valence-corrected chi connectivity index (χ3v) is 10.1. The molecule has 5 rings (SSSR count). The summed E-state index contributed by atoms with van der Waals surface area (Å²) in [7, 11) is -8.75. The molecule has 0 aliphatic carbocycles. The Morgan fingerprint density at radius 3 is 1.17 bits per heavy atom. The van der Waals surface area contributed by atoms with Gasteiger partial charge >= 0.3 is 29.8 Å². The van der Waals surface area contributed by atoms with E-state index in [2.05, 4.69) is 51.4 Å². The van der Waals surface area contributed by atoms with E-state index in [9.17, 15) is 75.4 Å². The first-order chi connectivity index (χ1) is 32.5. The molecule has 0 unspecified atom stereocenters. The summed E-state index contributed by atoms with van der Waals surface area (Å²) in [6.07, 6.45) is -0.395. The van der Waals surface area contributed by atoms with Crippen molar-refractivity contribution in [3.05, 3.63) is 95.1 Å². The van der Waals surface area contributed by atoms with Crippen LogP contribution in [0.4, 0.5) is 52.0 Å². The Bertz CT molecular complexity index is 2840. The summed E-state index contributed by atoms with van der Waals surface area (Å²) in [5.74, 6) is -9.34. The van der Waals surface area contributed by atoms with E-state index >= 15 is 0 Å². The number of ether oxygens (including phenoxy) is 2. The van der Waals surface area contributed by atoms with E-state index in [1.807, 2.05) is 0 Å². The van der Waals surface area contributed by atoms with Crippen LogP contribution in [0.2, 0.25) is 0 Å². The van der Waals surface area contributed by atoms with Crippen molar-refractivity contribution in [1.82, 2.24) is 15.0 Å². The first-order valence-corrected chi connectivity index (χ1v) is 22.5. The Hall–Kier alpha value is -8.74. The van der Waals surface area contributed by atoms with Crippen molar-refractivity contribution in [3.63, 3.8) is 0 Å². The van der Waals surface area contributed by atoms with Gasteiger partial charge < -0.3 is 51.0 Å². The minimum atomic E-state index is -4.38. The first-order valence-electron chi connectivity index (χ1n) is 19.3. The lowest BCUT2D eigenvalue weighted by Gasteiger charge is -2.16. The number of carbonyl (C=O) groups is 5. The molecule has 0 aliphatic heterocycles. The lowest BCUT2D eigenvalue weighted by molar-refractivity contribution is -0.135. The van der Waals surface area contributed by atoms with Crippen LogP contribution in [0.3, 0.4) is 0 Å². The summed E-state index contributed by atoms with van der Waals surface area (Å²) in [5, 5.41) is 71.2. The Morgan fingerprint density at radius 1 is 0.493 bits per heavy atom. The van der Waals surface area contributed by atoms with Gasteiger partial charge in [-0.25, -0.2) is 19.2 Å². The molecule has 1 heterocycles. The molecule has 5 aromatic rings. The number of anilines is 5. The number of aliphatic carboxylic acids is 1. The summed E-state index contributed by atoms with van der Waals surface area (Å²) < 4.78 is 75.5. The number of carboxylic acids is 5. The molecule has 1 aromatic heterocycles. The number of carboxylic acid groups (broad SMARTS) is 5. The van der Waals surface area contributed by atoms with Crippen molar-refractivity contribution in [1.29, 1.82) is 0 Å². The van der Waals surface area contributed by atoms with Crippen LogP contribution in [0.5, 0.6) is 11.5 Å². The zero-order valence-electron chi connectivity index (χ0n) is 34.9. The number of azo groups is 2. The summed E-state index contributed by atoms with van der Waals surface area (Å²) >= 11 is 0. The highest BCUT2D eigenvalue weighted by molar-refractivity contribution is 7.86. The molecule has 0 radical (unpaired) electrons. The van der Waals surface area contributed by atoms with Crippen molar-refractivity contribution in [3.8, 4) is 11.5 Å². The number of nitrogens with one attached hydrogen (secondary N) is 3. The number of hydrogen-bond donors (Lipinski definition) is 10. The van der Waals surface area contributed by atoms with Crippen molar-refractivity contribution < 1.29 is 84.9 Å². The predicted octanol–water partition coefficient (Wildman–Crippen LogP) is 5.79. The maximum Gasteiger partial charge on any atom is 0.335 e. The third kappa shape index (κ3) is 16.6. The minimum Gasteiger partial charge on any atom is -0.491 e. The van der Waals surface area contributed by atoms with Gasteiger partial charge in [0.15, 0.2) is 0 Å². The molecule has 0 bridgehead atoms. The van der Waals surface area contributed by atoms with Crippen molar-refractivity contribution in [2.45, 2.75) is 12.8 Å². The summed E-state index contributed by atoms with van der Waals surface area (Å²) in [6.45, 7) is -1.28. The van der Waals surface area contributed by atoms with Gasteiger partial charge in [-0.1, -0.05) is 0 Å². The van der Waals surface area contributed by atoms with Crippen LogP contribution in [0.1, 0.15) is 54.3 Å². The maximum absolute atomic E-state index is 11.6. The second-order valence-corrected chi connectivity index (χ2v) is 16.9. The molecule has 0 aliphatic rings. The van der Waals surface area contributed by atoms with Crippen LogP contribution in [0.25, 0.3) is 0 Å². The van der Waals surface area contributed by atoms with E-state index in [1.165, 1.54) is 36.4 Å². The topological polar surface area (TPSA) is 438 Å². The molecule has 10 N–H and O–H groups in total. The molecule has 0 saturated heterocycles. The quantitative estimate of drug-likeness (QED) is 0.0188. The molecule has 69 heavy (non-hydrogen) atoms. The molecule has 4 aromatic carbocycles. The second kappa shape index (κ2) is 22.6. The smallest absolute Gasteiger partial charge is 0.335 e. The van der Waals surface area contributed by atoms with Crippen LogP contribution >= 0.6 is 0 Å². The SMILES string of the molecule is O=C(O)CNc1nc(Nc2ccc(N=Nc3cc(C(=O)O)cc(C(=O)O)c3)cc2OCCCS(=O)(=O)O)nc(Nc2ccc(N=Nc3cc(C(=O)O)cc(C(=O)O)c3)cc2OCCCS(=O)(=O)O)n1. The Labute approximate surface area is 388 Å². The van der Waals surface area contributed by atoms with E-state index < -0.39 is 68.1 Å². The van der Waals surface area contributed by atoms with Gasteiger partial charge in [0, 0.05) is 12.1 Å². The van der Waals surface area contributed by atoms with Crippen LogP contribution in [-0.4, -0.2) is 128 Å². The van der Waals surface area contributed by atoms with Gasteiger partial charge in [-0.3, -0.25) is 13.9 Å². The van der Waals surface area contributed by atoms with E-state index in [4.69, 9.17) is 9.47 Å². The van der Waals surface area contributed by atoms with Crippen LogP contribution in [0.15, 0.2) is 93.3 Å². The highest BCUT2D eigenvalue weighted by Crippen LogP contribution is 2.35. The van der Waals surface area contributed by atoms with Crippen molar-refractivity contribution in [2.75, 3.05) is 47.2 Å². The van der Waals surface area contributed by atoms with Gasteiger partial charge in [-0.2, -0.15) is 52.2 Å². The number of rotatable bonds is 25.